The third kappa shape index (κ3) is 1.95. The highest BCUT2D eigenvalue weighted by Crippen LogP contribution is 2.37. The SMILES string of the molecule is CN(C)c1cccc(OC2CC2)c1Cl. The molecule has 0 aromatic heterocycles. The van der Waals surface area contributed by atoms with Crippen molar-refractivity contribution in [3.8, 4) is 5.75 Å². The number of halogens is 1. The van der Waals surface area contributed by atoms with Gasteiger partial charge in [0.2, 0.25) is 0 Å². The van der Waals surface area contributed by atoms with E-state index >= 15 is 0 Å². The summed E-state index contributed by atoms with van der Waals surface area (Å²) in [5, 5.41) is 0.712. The molecule has 14 heavy (non-hydrogen) atoms. The number of ether oxygens (including phenoxy) is 1. The molecule has 0 unspecified atom stereocenters. The van der Waals surface area contributed by atoms with Crippen molar-refractivity contribution in [3.63, 3.8) is 0 Å². The standard InChI is InChI=1S/C11H14ClNO/c1-13(2)9-4-3-5-10(11(9)12)14-8-6-7-8/h3-5,8H,6-7H2,1-2H3. The summed E-state index contributed by atoms with van der Waals surface area (Å²) in [6.07, 6.45) is 2.70. The monoisotopic (exact) mass is 211 g/mol. The molecule has 0 saturated heterocycles. The van der Waals surface area contributed by atoms with Crippen molar-refractivity contribution < 1.29 is 4.74 Å². The predicted octanol–water partition coefficient (Wildman–Crippen LogP) is 2.95. The molecule has 1 aromatic carbocycles. The summed E-state index contributed by atoms with van der Waals surface area (Å²) in [6, 6.07) is 5.88. The van der Waals surface area contributed by atoms with E-state index in [2.05, 4.69) is 0 Å². The molecule has 0 radical (unpaired) electrons. The Morgan fingerprint density at radius 2 is 2.07 bits per heavy atom. The Labute approximate surface area is 89.4 Å². The van der Waals surface area contributed by atoms with Gasteiger partial charge in [0.05, 0.1) is 11.8 Å². The van der Waals surface area contributed by atoms with Gasteiger partial charge in [-0.1, -0.05) is 17.7 Å². The lowest BCUT2D eigenvalue weighted by Crippen LogP contribution is -2.09. The Morgan fingerprint density at radius 3 is 2.64 bits per heavy atom. The van der Waals surface area contributed by atoms with E-state index in [-0.39, 0.29) is 0 Å². The molecule has 2 nitrogen and oxygen atoms in total. The molecule has 1 saturated carbocycles. The highest BCUT2D eigenvalue weighted by Gasteiger charge is 2.24. The molecule has 0 heterocycles. The van der Waals surface area contributed by atoms with E-state index in [4.69, 9.17) is 16.3 Å². The van der Waals surface area contributed by atoms with Crippen LogP contribution in [0, 0.1) is 0 Å². The maximum absolute atomic E-state index is 6.21. The van der Waals surface area contributed by atoms with Gasteiger partial charge in [0.1, 0.15) is 10.8 Å². The summed E-state index contributed by atoms with van der Waals surface area (Å²) < 4.78 is 5.69. The number of anilines is 1. The number of benzene rings is 1. The molecule has 1 aliphatic carbocycles. The van der Waals surface area contributed by atoms with Crippen LogP contribution in [0.2, 0.25) is 5.02 Å². The van der Waals surface area contributed by atoms with Crippen molar-refractivity contribution in [2.45, 2.75) is 18.9 Å². The van der Waals surface area contributed by atoms with Gasteiger partial charge in [-0.2, -0.15) is 0 Å². The highest BCUT2D eigenvalue weighted by atomic mass is 35.5. The minimum atomic E-state index is 0.393. The van der Waals surface area contributed by atoms with Gasteiger partial charge < -0.3 is 9.64 Å². The third-order valence-electron chi connectivity index (χ3n) is 2.24. The molecule has 0 spiro atoms. The van der Waals surface area contributed by atoms with Gasteiger partial charge in [-0.15, -0.1) is 0 Å². The van der Waals surface area contributed by atoms with Gasteiger partial charge in [0.15, 0.2) is 0 Å². The molecule has 0 N–H and O–H groups in total. The molecule has 3 heteroatoms. The van der Waals surface area contributed by atoms with Gasteiger partial charge >= 0.3 is 0 Å². The average Bonchev–Trinajstić information content (AvgIpc) is 2.92. The molecule has 0 amide bonds. The zero-order valence-corrected chi connectivity index (χ0v) is 9.21. The normalized spacial score (nSPS) is 15.4. The van der Waals surface area contributed by atoms with Crippen molar-refractivity contribution in [2.24, 2.45) is 0 Å². The lowest BCUT2D eigenvalue weighted by Gasteiger charge is -2.16. The fraction of sp³-hybridized carbons (Fsp3) is 0.455. The molecular weight excluding hydrogens is 198 g/mol. The maximum atomic E-state index is 6.21. The summed E-state index contributed by atoms with van der Waals surface area (Å²) in [5.74, 6) is 0.806. The molecule has 76 valence electrons. The summed E-state index contributed by atoms with van der Waals surface area (Å²) in [7, 11) is 3.95. The Bertz CT molecular complexity index is 334. The van der Waals surface area contributed by atoms with Crippen LogP contribution in [0.3, 0.4) is 0 Å². The van der Waals surface area contributed by atoms with Gasteiger partial charge in [-0.25, -0.2) is 0 Å². The quantitative estimate of drug-likeness (QED) is 0.762. The van der Waals surface area contributed by atoms with E-state index in [1.165, 1.54) is 0 Å². The second-order valence-corrected chi connectivity index (χ2v) is 4.18. The van der Waals surface area contributed by atoms with E-state index in [0.29, 0.717) is 11.1 Å². The van der Waals surface area contributed by atoms with Crippen LogP contribution in [0.1, 0.15) is 12.8 Å². The summed E-state index contributed by atoms with van der Waals surface area (Å²) in [5.41, 5.74) is 1.00. The van der Waals surface area contributed by atoms with Crippen LogP contribution < -0.4 is 9.64 Å². The van der Waals surface area contributed by atoms with E-state index in [1.807, 2.05) is 37.2 Å². The van der Waals surface area contributed by atoms with E-state index in [1.54, 1.807) is 0 Å². The maximum Gasteiger partial charge on any atom is 0.140 e. The van der Waals surface area contributed by atoms with Gasteiger partial charge in [-0.05, 0) is 25.0 Å². The third-order valence-corrected chi connectivity index (χ3v) is 2.62. The van der Waals surface area contributed by atoms with Crippen LogP contribution in [-0.2, 0) is 0 Å². The largest absolute Gasteiger partial charge is 0.489 e. The molecule has 1 aliphatic rings. The Hall–Kier alpha value is -0.890. The number of hydrogen-bond donors (Lipinski definition) is 0. The van der Waals surface area contributed by atoms with Crippen LogP contribution in [0.25, 0.3) is 0 Å². The second-order valence-electron chi connectivity index (χ2n) is 3.80. The summed E-state index contributed by atoms with van der Waals surface area (Å²) >= 11 is 6.21. The number of rotatable bonds is 3. The number of nitrogens with zero attached hydrogens (tertiary/aromatic N) is 1. The fourth-order valence-corrected chi connectivity index (χ4v) is 1.64. The Morgan fingerprint density at radius 1 is 1.36 bits per heavy atom. The Kier molecular flexibility index (Phi) is 2.55. The van der Waals surface area contributed by atoms with E-state index in [0.717, 1.165) is 24.3 Å². The van der Waals surface area contributed by atoms with Crippen LogP contribution in [0.15, 0.2) is 18.2 Å². The summed E-state index contributed by atoms with van der Waals surface area (Å²) in [4.78, 5) is 1.99. The molecule has 2 rings (SSSR count). The van der Waals surface area contributed by atoms with E-state index in [9.17, 15) is 0 Å². The van der Waals surface area contributed by atoms with E-state index < -0.39 is 0 Å². The van der Waals surface area contributed by atoms with Crippen LogP contribution >= 0.6 is 11.6 Å². The van der Waals surface area contributed by atoms with Crippen molar-refractivity contribution in [1.29, 1.82) is 0 Å². The van der Waals surface area contributed by atoms with Crippen LogP contribution in [0.4, 0.5) is 5.69 Å². The van der Waals surface area contributed by atoms with Gasteiger partial charge in [0.25, 0.3) is 0 Å². The lowest BCUT2D eigenvalue weighted by molar-refractivity contribution is 0.303. The van der Waals surface area contributed by atoms with Crippen molar-refractivity contribution in [3.05, 3.63) is 23.2 Å². The van der Waals surface area contributed by atoms with Crippen molar-refractivity contribution >= 4 is 17.3 Å². The number of hydrogen-bond acceptors (Lipinski definition) is 2. The molecule has 0 atom stereocenters. The predicted molar refractivity (Wildman–Crippen MR) is 59.4 cm³/mol. The zero-order valence-electron chi connectivity index (χ0n) is 8.46. The topological polar surface area (TPSA) is 12.5 Å². The van der Waals surface area contributed by atoms with Gasteiger partial charge in [-0.3, -0.25) is 0 Å². The second kappa shape index (κ2) is 3.70. The minimum Gasteiger partial charge on any atom is -0.489 e. The molecular formula is C11H14ClNO. The minimum absolute atomic E-state index is 0.393. The Balaban J connectivity index is 2.25. The lowest BCUT2D eigenvalue weighted by atomic mass is 10.3. The molecule has 1 aromatic rings. The van der Waals surface area contributed by atoms with Gasteiger partial charge in [0, 0.05) is 14.1 Å². The first-order valence-electron chi connectivity index (χ1n) is 4.81. The smallest absolute Gasteiger partial charge is 0.140 e. The zero-order chi connectivity index (χ0) is 10.1. The first-order chi connectivity index (χ1) is 6.68. The fourth-order valence-electron chi connectivity index (χ4n) is 1.30. The van der Waals surface area contributed by atoms with Crippen molar-refractivity contribution in [1.82, 2.24) is 0 Å². The molecule has 0 aliphatic heterocycles. The van der Waals surface area contributed by atoms with Crippen LogP contribution in [-0.4, -0.2) is 20.2 Å². The highest BCUT2D eigenvalue weighted by molar-refractivity contribution is 6.34. The molecule has 0 bridgehead atoms. The summed E-state index contributed by atoms with van der Waals surface area (Å²) in [6.45, 7) is 0. The first-order valence-corrected chi connectivity index (χ1v) is 5.19. The van der Waals surface area contributed by atoms with Crippen molar-refractivity contribution in [2.75, 3.05) is 19.0 Å². The average molecular weight is 212 g/mol. The first kappa shape index (κ1) is 9.66. The van der Waals surface area contributed by atoms with Crippen LogP contribution in [0.5, 0.6) is 5.75 Å². The molecule has 1 fully saturated rings.